The number of nitrogens with one attached hydrogen (secondary N) is 1. The van der Waals surface area contributed by atoms with Crippen molar-refractivity contribution < 1.29 is 14.3 Å². The molecule has 152 valence electrons. The summed E-state index contributed by atoms with van der Waals surface area (Å²) in [6.07, 6.45) is 0.562. The number of rotatable bonds is 7. The van der Waals surface area contributed by atoms with E-state index in [9.17, 15) is 9.59 Å². The minimum absolute atomic E-state index is 0.185. The molecule has 10 heteroatoms. The molecule has 0 aromatic carbocycles. The first kappa shape index (κ1) is 20.0. The van der Waals surface area contributed by atoms with Crippen LogP contribution in [0.4, 0.5) is 5.82 Å². The van der Waals surface area contributed by atoms with Gasteiger partial charge in [-0.2, -0.15) is 4.52 Å². The molecular weight excluding hydrogens is 362 g/mol. The van der Waals surface area contributed by atoms with Crippen molar-refractivity contribution in [3.05, 3.63) is 18.0 Å². The van der Waals surface area contributed by atoms with Crippen molar-refractivity contribution >= 4 is 23.3 Å². The summed E-state index contributed by atoms with van der Waals surface area (Å²) >= 11 is 0. The highest BCUT2D eigenvalue weighted by atomic mass is 16.5. The van der Waals surface area contributed by atoms with Crippen LogP contribution in [0.25, 0.3) is 5.65 Å². The maximum Gasteiger partial charge on any atom is 0.328 e. The van der Waals surface area contributed by atoms with E-state index in [1.165, 1.54) is 0 Å². The molecule has 0 saturated carbocycles. The van der Waals surface area contributed by atoms with E-state index >= 15 is 0 Å². The van der Waals surface area contributed by atoms with Gasteiger partial charge in [0.15, 0.2) is 11.5 Å². The minimum Gasteiger partial charge on any atom is -0.464 e. The normalized spacial score (nSPS) is 16.2. The van der Waals surface area contributed by atoms with Gasteiger partial charge in [0.1, 0.15) is 11.9 Å². The van der Waals surface area contributed by atoms with Gasteiger partial charge in [-0.05, 0) is 33.0 Å². The maximum absolute atomic E-state index is 12.1. The van der Waals surface area contributed by atoms with Crippen molar-refractivity contribution in [3.8, 4) is 0 Å². The van der Waals surface area contributed by atoms with Crippen LogP contribution < -0.4 is 10.2 Å². The molecule has 3 rings (SSSR count). The van der Waals surface area contributed by atoms with Crippen LogP contribution in [0.1, 0.15) is 26.1 Å². The first-order valence-electron chi connectivity index (χ1n) is 9.58. The molecule has 28 heavy (non-hydrogen) atoms. The number of fused-ring (bicyclic) bond motifs is 1. The van der Waals surface area contributed by atoms with Crippen molar-refractivity contribution in [1.82, 2.24) is 30.0 Å². The Bertz CT molecular complexity index is 830. The van der Waals surface area contributed by atoms with Crippen LogP contribution in [0, 0.1) is 0 Å². The van der Waals surface area contributed by atoms with Crippen LogP contribution in [0.3, 0.4) is 0 Å². The zero-order valence-electron chi connectivity index (χ0n) is 16.6. The third kappa shape index (κ3) is 4.75. The van der Waals surface area contributed by atoms with Crippen molar-refractivity contribution in [2.24, 2.45) is 0 Å². The number of carbonyl (C=O) groups excluding carboxylic acids is 2. The Morgan fingerprint density at radius 1 is 1.21 bits per heavy atom. The number of hydrogen-bond donors (Lipinski definition) is 1. The summed E-state index contributed by atoms with van der Waals surface area (Å²) in [5.74, 6) is 0.807. The van der Waals surface area contributed by atoms with E-state index in [1.54, 1.807) is 18.4 Å². The number of carbonyl (C=O) groups is 2. The summed E-state index contributed by atoms with van der Waals surface area (Å²) < 4.78 is 6.58. The topological polar surface area (TPSA) is 105 Å². The third-order valence-electron chi connectivity index (χ3n) is 4.73. The second-order valence-corrected chi connectivity index (χ2v) is 6.91. The number of nitrogens with zero attached hydrogens (tertiary/aromatic N) is 6. The molecule has 1 fully saturated rings. The fourth-order valence-electron chi connectivity index (χ4n) is 3.05. The van der Waals surface area contributed by atoms with E-state index in [1.807, 2.05) is 12.1 Å². The largest absolute Gasteiger partial charge is 0.464 e. The van der Waals surface area contributed by atoms with Crippen molar-refractivity contribution in [1.29, 1.82) is 0 Å². The van der Waals surface area contributed by atoms with Gasteiger partial charge in [0.2, 0.25) is 5.91 Å². The predicted octanol–water partition coefficient (Wildman–Crippen LogP) is -0.123. The Labute approximate surface area is 163 Å². The zero-order valence-corrected chi connectivity index (χ0v) is 16.6. The van der Waals surface area contributed by atoms with Gasteiger partial charge in [-0.25, -0.2) is 4.79 Å². The number of piperazine rings is 1. The summed E-state index contributed by atoms with van der Waals surface area (Å²) in [5, 5.41) is 15.6. The second kappa shape index (κ2) is 8.96. The molecule has 0 aliphatic carbocycles. The quantitative estimate of drug-likeness (QED) is 0.654. The van der Waals surface area contributed by atoms with Gasteiger partial charge < -0.3 is 19.9 Å². The average molecular weight is 389 g/mol. The number of aromatic nitrogens is 4. The number of amides is 1. The van der Waals surface area contributed by atoms with Gasteiger partial charge >= 0.3 is 5.97 Å². The van der Waals surface area contributed by atoms with Gasteiger partial charge in [0.25, 0.3) is 0 Å². The molecule has 0 unspecified atom stereocenters. The van der Waals surface area contributed by atoms with Gasteiger partial charge in [0, 0.05) is 39.0 Å². The Morgan fingerprint density at radius 2 is 1.96 bits per heavy atom. The van der Waals surface area contributed by atoms with Crippen molar-refractivity contribution in [2.75, 3.05) is 44.7 Å². The molecule has 10 nitrogen and oxygen atoms in total. The molecule has 3 heterocycles. The van der Waals surface area contributed by atoms with Crippen LogP contribution in [0.2, 0.25) is 0 Å². The van der Waals surface area contributed by atoms with Gasteiger partial charge in [-0.3, -0.25) is 4.79 Å². The third-order valence-corrected chi connectivity index (χ3v) is 4.73. The Balaban J connectivity index is 1.62. The number of likely N-dealkylation sites (N-methyl/N-ethyl adjacent to an activating group) is 1. The molecule has 2 aromatic rings. The molecule has 0 bridgehead atoms. The predicted molar refractivity (Wildman–Crippen MR) is 103 cm³/mol. The first-order valence-corrected chi connectivity index (χ1v) is 9.58. The lowest BCUT2D eigenvalue weighted by Gasteiger charge is -2.33. The van der Waals surface area contributed by atoms with Crippen LogP contribution in [0.5, 0.6) is 0 Å². The lowest BCUT2D eigenvalue weighted by molar-refractivity contribution is -0.146. The van der Waals surface area contributed by atoms with Crippen LogP contribution in [-0.2, 0) is 20.7 Å². The molecule has 0 radical (unpaired) electrons. The number of esters is 1. The maximum atomic E-state index is 12.1. The number of anilines is 1. The smallest absolute Gasteiger partial charge is 0.328 e. The van der Waals surface area contributed by atoms with Crippen molar-refractivity contribution in [2.45, 2.75) is 32.7 Å². The Morgan fingerprint density at radius 3 is 2.68 bits per heavy atom. The molecule has 1 N–H and O–H groups in total. The second-order valence-electron chi connectivity index (χ2n) is 6.91. The van der Waals surface area contributed by atoms with Crippen LogP contribution >= 0.6 is 0 Å². The summed E-state index contributed by atoms with van der Waals surface area (Å²) in [6.45, 7) is 7.44. The molecule has 1 aliphatic heterocycles. The lowest BCUT2D eigenvalue weighted by atomic mass is 10.2. The van der Waals surface area contributed by atoms with E-state index in [-0.39, 0.29) is 18.9 Å². The molecule has 1 aliphatic rings. The average Bonchev–Trinajstić information content (AvgIpc) is 3.09. The first-order chi connectivity index (χ1) is 13.5. The molecule has 1 amide bonds. The van der Waals surface area contributed by atoms with E-state index < -0.39 is 12.0 Å². The van der Waals surface area contributed by atoms with Crippen LogP contribution in [0.15, 0.2) is 12.1 Å². The lowest BCUT2D eigenvalue weighted by Crippen LogP contribution is -2.45. The number of ether oxygens (including phenoxy) is 1. The monoisotopic (exact) mass is 389 g/mol. The highest BCUT2D eigenvalue weighted by molar-refractivity contribution is 5.84. The molecular formula is C18H27N7O3. The van der Waals surface area contributed by atoms with E-state index in [0.717, 1.165) is 32.0 Å². The van der Waals surface area contributed by atoms with E-state index in [0.29, 0.717) is 17.9 Å². The fraction of sp³-hybridized carbons (Fsp3) is 0.611. The number of hydrogen-bond acceptors (Lipinski definition) is 8. The summed E-state index contributed by atoms with van der Waals surface area (Å²) in [6, 6.07) is 3.16. The minimum atomic E-state index is -0.676. The number of aryl methyl sites for hydroxylation is 1. The molecule has 1 saturated heterocycles. The van der Waals surface area contributed by atoms with Crippen molar-refractivity contribution in [3.63, 3.8) is 0 Å². The molecule has 2 aromatic heterocycles. The van der Waals surface area contributed by atoms with Crippen LogP contribution in [-0.4, -0.2) is 82.5 Å². The van der Waals surface area contributed by atoms with Gasteiger partial charge in [-0.15, -0.1) is 15.3 Å². The molecule has 0 spiro atoms. The highest BCUT2D eigenvalue weighted by Gasteiger charge is 2.19. The Hall–Kier alpha value is -2.75. The van der Waals surface area contributed by atoms with E-state index in [2.05, 4.69) is 37.5 Å². The standard InChI is InChI=1S/C18H27N7O3/c1-4-28-18(27)13(2)19-17(26)8-7-15-21-20-14-5-6-16(22-25(14)15)24-11-9-23(3)10-12-24/h5-6,13H,4,7-12H2,1-3H3,(H,19,26)/t13-/m1/s1. The fourth-order valence-corrected chi connectivity index (χ4v) is 3.05. The summed E-state index contributed by atoms with van der Waals surface area (Å²) in [4.78, 5) is 28.3. The van der Waals surface area contributed by atoms with Gasteiger partial charge in [-0.1, -0.05) is 0 Å². The summed E-state index contributed by atoms with van der Waals surface area (Å²) in [5.41, 5.74) is 0.646. The highest BCUT2D eigenvalue weighted by Crippen LogP contribution is 2.15. The Kier molecular flexibility index (Phi) is 6.40. The SMILES string of the molecule is CCOC(=O)[C@@H](C)NC(=O)CCc1nnc2ccc(N3CCN(C)CC3)nn12. The van der Waals surface area contributed by atoms with Gasteiger partial charge in [0.05, 0.1) is 6.61 Å². The zero-order chi connectivity index (χ0) is 20.1. The van der Waals surface area contributed by atoms with E-state index in [4.69, 9.17) is 4.74 Å². The molecule has 1 atom stereocenters. The summed E-state index contributed by atoms with van der Waals surface area (Å²) in [7, 11) is 2.11.